The molecule has 0 aliphatic heterocycles. The van der Waals surface area contributed by atoms with Crippen molar-refractivity contribution in [3.05, 3.63) is 60.7 Å². The van der Waals surface area contributed by atoms with E-state index >= 15 is 0 Å². The summed E-state index contributed by atoms with van der Waals surface area (Å²) in [5, 5.41) is 0.833. The number of carbonyl (C=O) groups excluding carboxylic acids is 2. The molecule has 25 heavy (non-hydrogen) atoms. The minimum absolute atomic E-state index is 0.0901. The van der Waals surface area contributed by atoms with Crippen LogP contribution in [0.3, 0.4) is 0 Å². The van der Waals surface area contributed by atoms with E-state index in [-0.39, 0.29) is 6.16 Å². The van der Waals surface area contributed by atoms with Crippen molar-refractivity contribution in [2.24, 2.45) is 0 Å². The van der Waals surface area contributed by atoms with E-state index in [4.69, 9.17) is 9.57 Å². The van der Waals surface area contributed by atoms with Gasteiger partial charge in [0, 0.05) is 0 Å². The van der Waals surface area contributed by atoms with Crippen molar-refractivity contribution in [1.29, 1.82) is 0 Å². The van der Waals surface area contributed by atoms with Crippen LogP contribution in [0, 0.1) is 0 Å². The van der Waals surface area contributed by atoms with Gasteiger partial charge in [-0.25, -0.2) is 4.79 Å². The number of ether oxygens (including phenoxy) is 1. The molecule has 2 aromatic carbocycles. The van der Waals surface area contributed by atoms with Crippen LogP contribution in [0.1, 0.15) is 0 Å². The molecule has 6 nitrogen and oxygen atoms in total. The number of hydrogen-bond donors (Lipinski definition) is 0. The van der Waals surface area contributed by atoms with E-state index in [1.54, 1.807) is 30.3 Å². The van der Waals surface area contributed by atoms with Crippen molar-refractivity contribution < 1.29 is 23.7 Å². The molecule has 2 unspecified atom stereocenters. The van der Waals surface area contributed by atoms with E-state index in [9.17, 15) is 14.2 Å². The molecule has 0 spiro atoms. The molecular formula is C17H17NO5PS+. The molecule has 0 heterocycles. The molecule has 0 aliphatic carbocycles. The summed E-state index contributed by atoms with van der Waals surface area (Å²) in [4.78, 5) is 29.7. The van der Waals surface area contributed by atoms with Gasteiger partial charge < -0.3 is 9.57 Å². The van der Waals surface area contributed by atoms with Gasteiger partial charge in [-0.3, -0.25) is 4.79 Å². The van der Waals surface area contributed by atoms with E-state index in [1.807, 2.05) is 30.3 Å². The molecule has 0 saturated heterocycles. The van der Waals surface area contributed by atoms with Crippen molar-refractivity contribution in [3.8, 4) is 5.75 Å². The number of hydroxylamine groups is 2. The Bertz CT molecular complexity index is 713. The molecule has 8 heteroatoms. The number of methoxy groups -OCH3 is 1. The van der Waals surface area contributed by atoms with Crippen LogP contribution in [0.25, 0.3) is 0 Å². The highest BCUT2D eigenvalue weighted by Gasteiger charge is 2.37. The molecule has 0 N–H and O–H groups in total. The van der Waals surface area contributed by atoms with Crippen molar-refractivity contribution in [1.82, 2.24) is 5.06 Å². The maximum atomic E-state index is 12.4. The van der Waals surface area contributed by atoms with Crippen LogP contribution >= 0.6 is 18.4 Å². The van der Waals surface area contributed by atoms with E-state index in [0.29, 0.717) is 12.2 Å². The van der Waals surface area contributed by atoms with Crippen LogP contribution in [-0.2, 0) is 18.9 Å². The fourth-order valence-corrected chi connectivity index (χ4v) is 4.83. The third-order valence-corrected chi connectivity index (χ3v) is 6.13. The average Bonchev–Trinajstić information content (AvgIpc) is 2.65. The van der Waals surface area contributed by atoms with Crippen molar-refractivity contribution in [2.75, 3.05) is 13.3 Å². The lowest BCUT2D eigenvalue weighted by Gasteiger charge is -2.22. The van der Waals surface area contributed by atoms with E-state index in [2.05, 4.69) is 0 Å². The first-order valence-electron chi connectivity index (χ1n) is 7.36. The molecule has 0 bridgehead atoms. The lowest BCUT2D eigenvalue weighted by atomic mass is 10.3. The predicted molar refractivity (Wildman–Crippen MR) is 95.5 cm³/mol. The SMILES string of the molecule is COC(=O)C(C[P+](=O)Sc1ccccc1)N(C=O)Oc1ccccc1. The van der Waals surface area contributed by atoms with Crippen molar-refractivity contribution >= 4 is 30.8 Å². The monoisotopic (exact) mass is 378 g/mol. The largest absolute Gasteiger partial charge is 0.467 e. The quantitative estimate of drug-likeness (QED) is 0.288. The van der Waals surface area contributed by atoms with E-state index < -0.39 is 19.0 Å². The average molecular weight is 378 g/mol. The number of nitrogens with zero attached hydrogens (tertiary/aromatic N) is 1. The van der Waals surface area contributed by atoms with Gasteiger partial charge in [0.05, 0.1) is 12.0 Å². The minimum Gasteiger partial charge on any atom is -0.467 e. The molecule has 2 aromatic rings. The van der Waals surface area contributed by atoms with Crippen LogP contribution in [0.4, 0.5) is 0 Å². The summed E-state index contributed by atoms with van der Waals surface area (Å²) >= 11 is 1.14. The summed E-state index contributed by atoms with van der Waals surface area (Å²) in [5.74, 6) is -0.311. The summed E-state index contributed by atoms with van der Waals surface area (Å²) in [5.41, 5.74) is 0. The lowest BCUT2D eigenvalue weighted by molar-refractivity contribution is -0.168. The number of carbonyl (C=O) groups is 2. The number of hydrogen-bond acceptors (Lipinski definition) is 6. The Labute approximate surface area is 150 Å². The predicted octanol–water partition coefficient (Wildman–Crippen LogP) is 3.52. The molecule has 130 valence electrons. The van der Waals surface area contributed by atoms with Gasteiger partial charge in [-0.15, -0.1) is 0 Å². The normalized spacial score (nSPS) is 12.0. The van der Waals surface area contributed by atoms with E-state index in [1.165, 1.54) is 7.11 Å². The van der Waals surface area contributed by atoms with Crippen LogP contribution in [-0.4, -0.2) is 36.8 Å². The Hall–Kier alpha value is -2.37. The molecule has 2 rings (SSSR count). The second-order valence-corrected chi connectivity index (χ2v) is 8.28. The Morgan fingerprint density at radius 3 is 2.32 bits per heavy atom. The second-order valence-electron chi connectivity index (χ2n) is 4.83. The molecule has 2 atom stereocenters. The number of rotatable bonds is 9. The third kappa shape index (κ3) is 5.89. The zero-order chi connectivity index (χ0) is 18.1. The summed E-state index contributed by atoms with van der Waals surface area (Å²) in [7, 11) is -0.655. The van der Waals surface area contributed by atoms with Crippen LogP contribution in [0.15, 0.2) is 65.6 Å². The van der Waals surface area contributed by atoms with Gasteiger partial charge >= 0.3 is 13.0 Å². The van der Waals surface area contributed by atoms with Crippen LogP contribution in [0.5, 0.6) is 5.75 Å². The van der Waals surface area contributed by atoms with E-state index in [0.717, 1.165) is 21.3 Å². The van der Waals surface area contributed by atoms with Crippen LogP contribution < -0.4 is 4.84 Å². The summed E-state index contributed by atoms with van der Waals surface area (Å²) in [6, 6.07) is 16.6. The highest BCUT2D eigenvalue weighted by atomic mass is 32.7. The summed E-state index contributed by atoms with van der Waals surface area (Å²) in [6.07, 6.45) is 0.290. The summed E-state index contributed by atoms with van der Waals surface area (Å²) in [6.45, 7) is 0. The molecule has 0 aliphatic rings. The first-order chi connectivity index (χ1) is 12.1. The van der Waals surface area contributed by atoms with Crippen LogP contribution in [0.2, 0.25) is 0 Å². The molecule has 0 fully saturated rings. The Kier molecular flexibility index (Phi) is 7.44. The zero-order valence-corrected chi connectivity index (χ0v) is 15.2. The fraction of sp³-hybridized carbons (Fsp3) is 0.176. The highest BCUT2D eigenvalue weighted by Crippen LogP contribution is 2.44. The number of esters is 1. The first kappa shape index (κ1) is 19.0. The molecule has 0 radical (unpaired) electrons. The second kappa shape index (κ2) is 9.81. The number of para-hydroxylation sites is 1. The smallest absolute Gasteiger partial charge is 0.418 e. The standard InChI is InChI=1S/C17H17NO5PS/c1-22-17(20)16(12-24(21)25-15-10-6-3-7-11-15)18(13-19)23-14-8-4-2-5-9-14/h2-11,13,16H,12H2,1H3/q+1. The molecule has 0 aromatic heterocycles. The topological polar surface area (TPSA) is 72.9 Å². The third-order valence-electron chi connectivity index (χ3n) is 3.11. The Morgan fingerprint density at radius 2 is 1.76 bits per heavy atom. The highest BCUT2D eigenvalue weighted by molar-refractivity contribution is 8.51. The summed E-state index contributed by atoms with van der Waals surface area (Å²) < 4.78 is 17.1. The maximum Gasteiger partial charge on any atom is 0.418 e. The van der Waals surface area contributed by atoms with Gasteiger partial charge in [0.1, 0.15) is 0 Å². The molecule has 1 amide bonds. The van der Waals surface area contributed by atoms with Gasteiger partial charge in [-0.05, 0) is 24.3 Å². The lowest BCUT2D eigenvalue weighted by Crippen LogP contribution is -2.44. The molecule has 0 saturated carbocycles. The first-order valence-corrected chi connectivity index (χ1v) is 10.2. The zero-order valence-electron chi connectivity index (χ0n) is 13.5. The number of amides is 1. The Morgan fingerprint density at radius 1 is 1.16 bits per heavy atom. The van der Waals surface area contributed by atoms with Crippen molar-refractivity contribution in [2.45, 2.75) is 10.9 Å². The van der Waals surface area contributed by atoms with Gasteiger partial charge in [0.25, 0.3) is 0 Å². The van der Waals surface area contributed by atoms with Crippen molar-refractivity contribution in [3.63, 3.8) is 0 Å². The minimum atomic E-state index is -1.86. The Balaban J connectivity index is 2.09. The maximum absolute atomic E-state index is 12.4. The van der Waals surface area contributed by atoms with Gasteiger partial charge in [0.15, 0.2) is 23.3 Å². The van der Waals surface area contributed by atoms with Gasteiger partial charge in [-0.2, -0.15) is 5.06 Å². The number of benzene rings is 2. The van der Waals surface area contributed by atoms with Gasteiger partial charge in [-0.1, -0.05) is 41.0 Å². The molecular weight excluding hydrogens is 361 g/mol. The van der Waals surface area contributed by atoms with Gasteiger partial charge in [0.2, 0.25) is 12.5 Å². The fourth-order valence-electron chi connectivity index (χ4n) is 1.93.